The van der Waals surface area contributed by atoms with Crippen molar-refractivity contribution < 1.29 is 28.4 Å². The molecule has 0 bridgehead atoms. The highest BCUT2D eigenvalue weighted by molar-refractivity contribution is 6.65. The molecule has 0 aliphatic carbocycles. The van der Waals surface area contributed by atoms with Crippen molar-refractivity contribution in [3.63, 3.8) is 0 Å². The number of carbonyl (C=O) groups excluding carboxylic acids is 2. The number of amides is 2. The number of carbonyl (C=O) groups is 2. The third kappa shape index (κ3) is 5.07. The molecule has 1 aromatic heterocycles. The molecule has 1 aliphatic heterocycles. The fourth-order valence-electron chi connectivity index (χ4n) is 3.44. The Hall–Kier alpha value is -2.59. The van der Waals surface area contributed by atoms with Crippen molar-refractivity contribution in [3.8, 4) is 0 Å². The van der Waals surface area contributed by atoms with Gasteiger partial charge in [-0.2, -0.15) is 0 Å². The van der Waals surface area contributed by atoms with Crippen LogP contribution in [0.25, 0.3) is 11.0 Å². The van der Waals surface area contributed by atoms with Crippen LogP contribution >= 0.6 is 0 Å². The van der Waals surface area contributed by atoms with Gasteiger partial charge in [0.25, 0.3) is 0 Å². The summed E-state index contributed by atoms with van der Waals surface area (Å²) in [5.74, 6) is 0.0717. The van der Waals surface area contributed by atoms with E-state index in [9.17, 15) is 9.59 Å². The number of benzene rings is 1. The van der Waals surface area contributed by atoms with Crippen molar-refractivity contribution in [2.24, 2.45) is 7.05 Å². The Kier molecular flexibility index (Phi) is 6.33. The average Bonchev–Trinajstić information content (AvgIpc) is 3.05. The maximum absolute atomic E-state index is 13.1. The molecule has 2 amide bonds. The number of rotatable bonds is 2. The minimum Gasteiger partial charge on any atom is -0.443 e. The van der Waals surface area contributed by atoms with Gasteiger partial charge in [0.15, 0.2) is 0 Å². The third-order valence-electron chi connectivity index (χ3n) is 5.78. The number of para-hydroxylation sites is 1. The van der Waals surface area contributed by atoms with Crippen LogP contribution in [0.5, 0.6) is 0 Å². The maximum Gasteiger partial charge on any atom is 0.497 e. The Morgan fingerprint density at radius 2 is 1.41 bits per heavy atom. The van der Waals surface area contributed by atoms with Crippen LogP contribution in [0.4, 0.5) is 15.5 Å². The van der Waals surface area contributed by atoms with E-state index in [-0.39, 0.29) is 5.95 Å². The van der Waals surface area contributed by atoms with E-state index in [0.29, 0.717) is 16.5 Å². The number of fused-ring (bicyclic) bond motifs is 1. The molecule has 0 radical (unpaired) electrons. The number of imide groups is 1. The van der Waals surface area contributed by atoms with Crippen LogP contribution in [-0.4, -0.2) is 51.3 Å². The first-order chi connectivity index (χ1) is 15.3. The van der Waals surface area contributed by atoms with Gasteiger partial charge in [-0.1, -0.05) is 12.1 Å². The monoisotopic (exact) mass is 473 g/mol. The number of imidazole rings is 1. The molecule has 1 saturated heterocycles. The van der Waals surface area contributed by atoms with Crippen LogP contribution < -0.4 is 10.4 Å². The summed E-state index contributed by atoms with van der Waals surface area (Å²) in [5.41, 5.74) is -0.764. The van der Waals surface area contributed by atoms with Gasteiger partial charge in [-0.3, -0.25) is 0 Å². The van der Waals surface area contributed by atoms with Crippen LogP contribution in [0.1, 0.15) is 69.2 Å². The molecular weight excluding hydrogens is 437 g/mol. The Balaban J connectivity index is 2.12. The van der Waals surface area contributed by atoms with Gasteiger partial charge in [0.2, 0.25) is 5.95 Å². The highest BCUT2D eigenvalue weighted by Crippen LogP contribution is 2.37. The second-order valence-corrected chi connectivity index (χ2v) is 11.6. The summed E-state index contributed by atoms with van der Waals surface area (Å²) >= 11 is 0. The lowest BCUT2D eigenvalue weighted by Gasteiger charge is -2.32. The third-order valence-corrected chi connectivity index (χ3v) is 5.78. The quantitative estimate of drug-likeness (QED) is 0.591. The van der Waals surface area contributed by atoms with E-state index in [1.807, 2.05) is 45.9 Å². The van der Waals surface area contributed by atoms with Gasteiger partial charge >= 0.3 is 19.3 Å². The lowest BCUT2D eigenvalue weighted by molar-refractivity contribution is 0.00578. The molecule has 10 heteroatoms. The van der Waals surface area contributed by atoms with E-state index < -0.39 is 41.7 Å². The summed E-state index contributed by atoms with van der Waals surface area (Å²) < 4.78 is 25.1. The minimum atomic E-state index is -0.877. The summed E-state index contributed by atoms with van der Waals surface area (Å²) in [6.45, 7) is 18.3. The zero-order valence-corrected chi connectivity index (χ0v) is 22.1. The van der Waals surface area contributed by atoms with E-state index in [1.54, 1.807) is 53.2 Å². The lowest BCUT2D eigenvalue weighted by atomic mass is 9.78. The van der Waals surface area contributed by atoms with E-state index in [0.717, 1.165) is 4.90 Å². The molecule has 2 heterocycles. The Morgan fingerprint density at radius 1 is 0.941 bits per heavy atom. The maximum atomic E-state index is 13.1. The van der Waals surface area contributed by atoms with Gasteiger partial charge in [0.1, 0.15) is 11.2 Å². The Labute approximate surface area is 201 Å². The fourth-order valence-corrected chi connectivity index (χ4v) is 3.44. The smallest absolute Gasteiger partial charge is 0.443 e. The number of aryl methyl sites for hydroxylation is 1. The van der Waals surface area contributed by atoms with E-state index in [4.69, 9.17) is 18.8 Å². The topological polar surface area (TPSA) is 92.1 Å². The van der Waals surface area contributed by atoms with Gasteiger partial charge in [0.05, 0.1) is 22.2 Å². The molecule has 186 valence electrons. The van der Waals surface area contributed by atoms with Crippen LogP contribution in [0.15, 0.2) is 18.2 Å². The molecule has 0 N–H and O–H groups in total. The highest BCUT2D eigenvalue weighted by Gasteiger charge is 2.52. The van der Waals surface area contributed by atoms with Crippen molar-refractivity contribution in [2.45, 2.75) is 91.6 Å². The number of anilines is 1. The number of ether oxygens (including phenoxy) is 2. The van der Waals surface area contributed by atoms with Crippen LogP contribution in [0.2, 0.25) is 0 Å². The first-order valence-corrected chi connectivity index (χ1v) is 11.4. The zero-order valence-electron chi connectivity index (χ0n) is 22.1. The SMILES string of the molecule is Cn1c(N(C(=O)OC(C)(C)C)C(=O)OC(C)(C)C)nc2c(B3OC(C)(C)C(C)(C)O3)cccc21. The van der Waals surface area contributed by atoms with Gasteiger partial charge in [-0.25, -0.2) is 14.6 Å². The molecule has 0 unspecified atom stereocenters. The summed E-state index contributed by atoms with van der Waals surface area (Å²) in [5, 5.41) is 0. The summed E-state index contributed by atoms with van der Waals surface area (Å²) in [7, 11) is 1.06. The van der Waals surface area contributed by atoms with Gasteiger partial charge in [-0.05, 0) is 75.3 Å². The fraction of sp³-hybridized carbons (Fsp3) is 0.625. The molecule has 0 atom stereocenters. The first kappa shape index (κ1) is 26.0. The second-order valence-electron chi connectivity index (χ2n) is 11.6. The number of aromatic nitrogens is 2. The van der Waals surface area contributed by atoms with Gasteiger partial charge in [0, 0.05) is 12.5 Å². The van der Waals surface area contributed by atoms with Crippen molar-refractivity contribution in [1.82, 2.24) is 9.55 Å². The van der Waals surface area contributed by atoms with Crippen molar-refractivity contribution in [2.75, 3.05) is 4.90 Å². The highest BCUT2D eigenvalue weighted by atomic mass is 16.7. The van der Waals surface area contributed by atoms with Gasteiger partial charge < -0.3 is 23.3 Å². The van der Waals surface area contributed by atoms with E-state index >= 15 is 0 Å². The van der Waals surface area contributed by atoms with E-state index in [1.165, 1.54) is 0 Å². The normalized spacial score (nSPS) is 17.7. The molecule has 2 aromatic rings. The lowest BCUT2D eigenvalue weighted by Crippen LogP contribution is -2.45. The Bertz CT molecular complexity index is 1070. The van der Waals surface area contributed by atoms with Crippen LogP contribution in [0, 0.1) is 0 Å². The number of hydrogen-bond donors (Lipinski definition) is 0. The summed E-state index contributed by atoms with van der Waals surface area (Å²) in [6.07, 6.45) is -1.75. The molecule has 0 spiro atoms. The molecule has 3 rings (SSSR count). The largest absolute Gasteiger partial charge is 0.497 e. The molecule has 0 saturated carbocycles. The van der Waals surface area contributed by atoms with Gasteiger partial charge in [-0.15, -0.1) is 4.90 Å². The number of nitrogens with zero attached hydrogens (tertiary/aromatic N) is 3. The summed E-state index contributed by atoms with van der Waals surface area (Å²) in [4.78, 5) is 31.8. The van der Waals surface area contributed by atoms with E-state index in [2.05, 4.69) is 4.98 Å². The molecule has 1 aliphatic rings. The molecule has 9 nitrogen and oxygen atoms in total. The van der Waals surface area contributed by atoms with Crippen LogP contribution in [0.3, 0.4) is 0 Å². The molecule has 1 aromatic carbocycles. The zero-order chi connectivity index (χ0) is 25.9. The summed E-state index contributed by atoms with van der Waals surface area (Å²) in [6, 6.07) is 5.58. The number of hydrogen-bond acceptors (Lipinski definition) is 7. The predicted octanol–water partition coefficient (Wildman–Crippen LogP) is 4.55. The van der Waals surface area contributed by atoms with Crippen molar-refractivity contribution in [3.05, 3.63) is 18.2 Å². The molecule has 1 fully saturated rings. The predicted molar refractivity (Wildman–Crippen MR) is 131 cm³/mol. The second kappa shape index (κ2) is 8.27. The van der Waals surface area contributed by atoms with Crippen molar-refractivity contribution in [1.29, 1.82) is 0 Å². The first-order valence-electron chi connectivity index (χ1n) is 11.4. The molecular formula is C24H36BN3O6. The molecule has 34 heavy (non-hydrogen) atoms. The average molecular weight is 473 g/mol. The van der Waals surface area contributed by atoms with Crippen molar-refractivity contribution >= 4 is 41.7 Å². The Morgan fingerprint density at radius 3 is 1.85 bits per heavy atom. The minimum absolute atomic E-state index is 0.0717. The standard InChI is InChI=1S/C24H36BN3O6/c1-21(2,3)31-19(29)28(20(30)32-22(4,5)6)18-26-17-15(13-12-14-16(17)27(18)11)25-33-23(7,8)24(9,10)34-25/h12-14H,1-11H3. The van der Waals surface area contributed by atoms with Crippen LogP contribution in [-0.2, 0) is 25.8 Å².